The van der Waals surface area contributed by atoms with Crippen LogP contribution in [-0.2, 0) is 0 Å². The van der Waals surface area contributed by atoms with Crippen LogP contribution in [0, 0.1) is 0 Å². The van der Waals surface area contributed by atoms with Gasteiger partial charge in [0.1, 0.15) is 0 Å². The predicted octanol–water partition coefficient (Wildman–Crippen LogP) is 1.31. The number of aliphatic hydroxyl groups is 1. The zero-order valence-electron chi connectivity index (χ0n) is 6.80. The molecular weight excluding hydrogens is 188 g/mol. The lowest BCUT2D eigenvalue weighted by Crippen LogP contribution is -1.89. The van der Waals surface area contributed by atoms with Crippen molar-refractivity contribution < 1.29 is 9.52 Å². The van der Waals surface area contributed by atoms with Gasteiger partial charge in [-0.3, -0.25) is 0 Å². The number of aliphatic hydroxyl groups excluding tert-OH is 1. The third-order valence-electron chi connectivity index (χ3n) is 1.57. The minimum Gasteiger partial charge on any atom is -0.461 e. The molecule has 0 radical (unpaired) electrons. The predicted molar refractivity (Wildman–Crippen MR) is 49.6 cm³/mol. The van der Waals surface area contributed by atoms with Gasteiger partial charge in [0.25, 0.3) is 0 Å². The summed E-state index contributed by atoms with van der Waals surface area (Å²) < 4.78 is 5.24. The van der Waals surface area contributed by atoms with E-state index in [4.69, 9.17) is 9.52 Å². The molecule has 0 amide bonds. The fraction of sp³-hybridized carbons (Fsp3) is 0.250. The van der Waals surface area contributed by atoms with Crippen molar-refractivity contribution in [3.05, 3.63) is 18.5 Å². The third-order valence-corrected chi connectivity index (χ3v) is 2.49. The average molecular weight is 196 g/mol. The second-order valence-electron chi connectivity index (χ2n) is 2.43. The van der Waals surface area contributed by atoms with Crippen LogP contribution in [0.25, 0.3) is 11.0 Å². The van der Waals surface area contributed by atoms with Gasteiger partial charge in [-0.15, -0.1) is 5.10 Å². The maximum absolute atomic E-state index is 8.65. The fourth-order valence-electron chi connectivity index (χ4n) is 1.02. The molecule has 0 bridgehead atoms. The second kappa shape index (κ2) is 3.76. The molecule has 0 saturated heterocycles. The Morgan fingerprint density at radius 2 is 2.46 bits per heavy atom. The number of thioether (sulfide) groups is 1. The van der Waals surface area contributed by atoms with Gasteiger partial charge < -0.3 is 9.52 Å². The Morgan fingerprint density at radius 3 is 3.31 bits per heavy atom. The van der Waals surface area contributed by atoms with Gasteiger partial charge in [-0.2, -0.15) is 5.10 Å². The summed E-state index contributed by atoms with van der Waals surface area (Å²) in [4.78, 5) is 0. The molecule has 0 unspecified atom stereocenters. The number of furan rings is 1. The van der Waals surface area contributed by atoms with Gasteiger partial charge >= 0.3 is 0 Å². The molecule has 0 aliphatic carbocycles. The summed E-state index contributed by atoms with van der Waals surface area (Å²) in [6, 6.07) is 1.84. The molecule has 2 aromatic heterocycles. The van der Waals surface area contributed by atoms with Crippen molar-refractivity contribution in [3.63, 3.8) is 0 Å². The Labute approximate surface area is 79.0 Å². The highest BCUT2D eigenvalue weighted by molar-refractivity contribution is 7.99. The van der Waals surface area contributed by atoms with Crippen molar-refractivity contribution in [2.45, 2.75) is 5.03 Å². The molecule has 2 heterocycles. The highest BCUT2D eigenvalue weighted by atomic mass is 32.2. The highest BCUT2D eigenvalue weighted by Gasteiger charge is 2.05. The van der Waals surface area contributed by atoms with Crippen LogP contribution in [0.1, 0.15) is 0 Å². The lowest BCUT2D eigenvalue weighted by Gasteiger charge is -1.96. The number of aromatic nitrogens is 2. The van der Waals surface area contributed by atoms with Gasteiger partial charge in [-0.1, -0.05) is 11.8 Å². The van der Waals surface area contributed by atoms with E-state index < -0.39 is 0 Å². The van der Waals surface area contributed by atoms with E-state index in [1.165, 1.54) is 11.8 Å². The van der Waals surface area contributed by atoms with Crippen LogP contribution in [0.15, 0.2) is 28.0 Å². The topological polar surface area (TPSA) is 59.2 Å². The van der Waals surface area contributed by atoms with E-state index >= 15 is 0 Å². The molecule has 2 rings (SSSR count). The molecule has 0 atom stereocenters. The lowest BCUT2D eigenvalue weighted by molar-refractivity contribution is 0.322. The number of hydrogen-bond donors (Lipinski definition) is 1. The summed E-state index contributed by atoms with van der Waals surface area (Å²) in [7, 11) is 0. The second-order valence-corrected chi connectivity index (χ2v) is 3.51. The quantitative estimate of drug-likeness (QED) is 0.750. The van der Waals surface area contributed by atoms with Gasteiger partial charge in [-0.05, 0) is 6.07 Å². The largest absolute Gasteiger partial charge is 0.461 e. The first-order chi connectivity index (χ1) is 6.42. The van der Waals surface area contributed by atoms with Crippen LogP contribution >= 0.6 is 11.8 Å². The van der Waals surface area contributed by atoms with Gasteiger partial charge in [0.05, 0.1) is 19.1 Å². The van der Waals surface area contributed by atoms with Crippen LogP contribution in [0.5, 0.6) is 0 Å². The molecule has 0 fully saturated rings. The SMILES string of the molecule is OCCSc1nncc2ccoc12. The van der Waals surface area contributed by atoms with Crippen molar-refractivity contribution in [2.24, 2.45) is 0 Å². The van der Waals surface area contributed by atoms with E-state index in [0.29, 0.717) is 5.75 Å². The first kappa shape index (κ1) is 8.52. The Morgan fingerprint density at radius 1 is 1.54 bits per heavy atom. The van der Waals surface area contributed by atoms with Crippen molar-refractivity contribution >= 4 is 22.7 Å². The molecule has 13 heavy (non-hydrogen) atoms. The first-order valence-corrected chi connectivity index (χ1v) is 4.83. The lowest BCUT2D eigenvalue weighted by atomic mass is 10.4. The minimum absolute atomic E-state index is 0.128. The first-order valence-electron chi connectivity index (χ1n) is 3.84. The molecule has 0 aliphatic rings. The summed E-state index contributed by atoms with van der Waals surface area (Å²) in [5, 5.41) is 18.1. The van der Waals surface area contributed by atoms with E-state index in [9.17, 15) is 0 Å². The smallest absolute Gasteiger partial charge is 0.169 e. The summed E-state index contributed by atoms with van der Waals surface area (Å²) >= 11 is 1.44. The van der Waals surface area contributed by atoms with Crippen LogP contribution in [0.3, 0.4) is 0 Å². The van der Waals surface area contributed by atoms with Crippen molar-refractivity contribution in [2.75, 3.05) is 12.4 Å². The normalized spacial score (nSPS) is 10.8. The monoisotopic (exact) mass is 196 g/mol. The van der Waals surface area contributed by atoms with E-state index in [1.807, 2.05) is 6.07 Å². The molecule has 0 saturated carbocycles. The standard InChI is InChI=1S/C8H8N2O2S/c11-2-4-13-8-7-6(1-3-12-7)5-9-10-8/h1,3,5,11H,2,4H2. The van der Waals surface area contributed by atoms with Crippen molar-refractivity contribution in [1.29, 1.82) is 0 Å². The Bertz CT molecular complexity index is 402. The molecule has 2 aromatic rings. The van der Waals surface area contributed by atoms with Crippen LogP contribution in [-0.4, -0.2) is 27.7 Å². The summed E-state index contributed by atoms with van der Waals surface area (Å²) in [6.07, 6.45) is 3.26. The van der Waals surface area contributed by atoms with Crippen LogP contribution in [0.2, 0.25) is 0 Å². The zero-order valence-corrected chi connectivity index (χ0v) is 7.62. The fourth-order valence-corrected chi connectivity index (χ4v) is 1.71. The molecule has 1 N–H and O–H groups in total. The maximum atomic E-state index is 8.65. The molecule has 68 valence electrons. The molecular formula is C8H8N2O2S. The Hall–Kier alpha value is -1.07. The molecule has 0 aromatic carbocycles. The molecule has 5 heteroatoms. The minimum atomic E-state index is 0.128. The number of hydrogen-bond acceptors (Lipinski definition) is 5. The summed E-state index contributed by atoms with van der Waals surface area (Å²) in [5.74, 6) is 0.606. The number of fused-ring (bicyclic) bond motifs is 1. The molecule has 4 nitrogen and oxygen atoms in total. The highest BCUT2D eigenvalue weighted by Crippen LogP contribution is 2.24. The summed E-state index contributed by atoms with van der Waals surface area (Å²) in [6.45, 7) is 0.128. The van der Waals surface area contributed by atoms with Crippen LogP contribution in [0.4, 0.5) is 0 Å². The van der Waals surface area contributed by atoms with Crippen molar-refractivity contribution in [3.8, 4) is 0 Å². The zero-order chi connectivity index (χ0) is 9.10. The van der Waals surface area contributed by atoms with E-state index in [2.05, 4.69) is 10.2 Å². The molecule has 0 spiro atoms. The summed E-state index contributed by atoms with van der Waals surface area (Å²) in [5.41, 5.74) is 0.744. The van der Waals surface area contributed by atoms with Gasteiger partial charge in [0.2, 0.25) is 0 Å². The van der Waals surface area contributed by atoms with E-state index in [-0.39, 0.29) is 6.61 Å². The number of rotatable bonds is 3. The van der Waals surface area contributed by atoms with Gasteiger partial charge in [0.15, 0.2) is 10.6 Å². The van der Waals surface area contributed by atoms with Gasteiger partial charge in [-0.25, -0.2) is 0 Å². The maximum Gasteiger partial charge on any atom is 0.169 e. The Kier molecular flexibility index (Phi) is 2.47. The third kappa shape index (κ3) is 1.66. The Balaban J connectivity index is 2.37. The van der Waals surface area contributed by atoms with Gasteiger partial charge in [0, 0.05) is 11.1 Å². The van der Waals surface area contributed by atoms with Crippen molar-refractivity contribution in [1.82, 2.24) is 10.2 Å². The van der Waals surface area contributed by atoms with E-state index in [1.54, 1.807) is 12.5 Å². The number of nitrogens with zero attached hydrogens (tertiary/aromatic N) is 2. The van der Waals surface area contributed by atoms with E-state index in [0.717, 1.165) is 16.0 Å². The average Bonchev–Trinajstić information content (AvgIpc) is 2.62. The van der Waals surface area contributed by atoms with Crippen LogP contribution < -0.4 is 0 Å². The molecule has 0 aliphatic heterocycles.